The Morgan fingerprint density at radius 1 is 1.28 bits per heavy atom. The highest BCUT2D eigenvalue weighted by molar-refractivity contribution is 5.23. The van der Waals surface area contributed by atoms with Crippen molar-refractivity contribution in [2.75, 3.05) is 0 Å². The second-order valence-electron chi connectivity index (χ2n) is 3.55. The smallest absolute Gasteiger partial charge is 0.224 e. The van der Waals surface area contributed by atoms with E-state index in [0.29, 0.717) is 0 Å². The number of fused-ring (bicyclic) bond motifs is 1. The highest BCUT2D eigenvalue weighted by atomic mass is 35.7. The summed E-state index contributed by atoms with van der Waals surface area (Å²) >= 11 is 0. The Labute approximate surface area is 105 Å². The summed E-state index contributed by atoms with van der Waals surface area (Å²) < 4.78 is 37.9. The van der Waals surface area contributed by atoms with Gasteiger partial charge in [-0.1, -0.05) is 4.52 Å². The summed E-state index contributed by atoms with van der Waals surface area (Å²) in [5, 5.41) is 4.25. The van der Waals surface area contributed by atoms with E-state index in [1.54, 1.807) is 0 Å². The summed E-state index contributed by atoms with van der Waals surface area (Å²) in [4.78, 5) is 4.43. The van der Waals surface area contributed by atoms with Crippen LogP contribution < -0.4 is 23.2 Å². The van der Waals surface area contributed by atoms with Crippen LogP contribution in [0, 0.1) is 24.1 Å². The van der Waals surface area contributed by atoms with Crippen LogP contribution in [-0.2, 0) is 6.54 Å². The molecule has 0 amide bonds. The van der Waals surface area contributed by atoms with E-state index in [1.165, 1.54) is 0 Å². The standard InChI is InChI=1S/C9H13N4.ClHO4/c1-4-12-6-10-13-8(3)5-7(2)11-9(12)13;2-1(3,4)5/h5-6H,4H2,1-3H3;(H,2,3,4,5)/q+1;/p-1. The van der Waals surface area contributed by atoms with Gasteiger partial charge in [0.2, 0.25) is 6.33 Å². The Hall–Kier alpha value is -1.32. The van der Waals surface area contributed by atoms with Crippen LogP contribution >= 0.6 is 0 Å². The average Bonchev–Trinajstić information content (AvgIpc) is 2.57. The van der Waals surface area contributed by atoms with Crippen molar-refractivity contribution in [2.45, 2.75) is 27.3 Å². The summed E-state index contributed by atoms with van der Waals surface area (Å²) in [6, 6.07) is 2.03. The van der Waals surface area contributed by atoms with Gasteiger partial charge in [0.25, 0.3) is 0 Å². The molecule has 0 aliphatic carbocycles. The molecule has 0 N–H and O–H groups in total. The molecule has 0 saturated heterocycles. The summed E-state index contributed by atoms with van der Waals surface area (Å²) in [6.07, 6.45) is 1.81. The molecule has 0 aromatic carbocycles. The highest BCUT2D eigenvalue weighted by Crippen LogP contribution is 2.01. The van der Waals surface area contributed by atoms with Gasteiger partial charge in [-0.05, 0) is 25.9 Å². The molecular formula is C9H13ClN4O4. The minimum atomic E-state index is -4.94. The lowest BCUT2D eigenvalue weighted by atomic mass is 10.4. The third kappa shape index (κ3) is 4.17. The Kier molecular flexibility index (Phi) is 4.54. The lowest BCUT2D eigenvalue weighted by Gasteiger charge is -2.17. The third-order valence-electron chi connectivity index (χ3n) is 2.12. The van der Waals surface area contributed by atoms with Crippen LogP contribution in [0.15, 0.2) is 12.4 Å². The number of halogens is 1. The van der Waals surface area contributed by atoms with Crippen LogP contribution in [0.5, 0.6) is 0 Å². The van der Waals surface area contributed by atoms with Gasteiger partial charge in [0.05, 0.1) is 6.54 Å². The van der Waals surface area contributed by atoms with Gasteiger partial charge in [-0.15, -0.1) is 15.2 Å². The van der Waals surface area contributed by atoms with Crippen molar-refractivity contribution in [3.63, 3.8) is 0 Å². The van der Waals surface area contributed by atoms with Crippen LogP contribution in [-0.4, -0.2) is 14.6 Å². The zero-order valence-electron chi connectivity index (χ0n) is 10.2. The van der Waals surface area contributed by atoms with Crippen molar-refractivity contribution >= 4 is 5.78 Å². The zero-order valence-corrected chi connectivity index (χ0v) is 10.9. The van der Waals surface area contributed by atoms with E-state index >= 15 is 0 Å². The minimum Gasteiger partial charge on any atom is -0.224 e. The molecule has 0 bridgehead atoms. The van der Waals surface area contributed by atoms with Crippen LogP contribution in [0.3, 0.4) is 0 Å². The van der Waals surface area contributed by atoms with Gasteiger partial charge in [0.1, 0.15) is 11.4 Å². The molecular weight excluding hydrogens is 264 g/mol. The fourth-order valence-corrected chi connectivity index (χ4v) is 1.48. The zero-order chi connectivity index (χ0) is 13.9. The Bertz CT molecular complexity index is 531. The average molecular weight is 277 g/mol. The molecule has 0 radical (unpaired) electrons. The second-order valence-corrected chi connectivity index (χ2v) is 4.30. The number of aromatic nitrogens is 4. The van der Waals surface area contributed by atoms with Crippen molar-refractivity contribution < 1.29 is 33.4 Å². The molecule has 2 aromatic rings. The third-order valence-corrected chi connectivity index (χ3v) is 2.12. The molecule has 0 fully saturated rings. The van der Waals surface area contributed by atoms with Crippen molar-refractivity contribution in [1.82, 2.24) is 14.6 Å². The van der Waals surface area contributed by atoms with E-state index in [2.05, 4.69) is 17.0 Å². The molecule has 18 heavy (non-hydrogen) atoms. The number of aryl methyl sites for hydroxylation is 3. The van der Waals surface area contributed by atoms with Crippen molar-refractivity contribution in [2.24, 2.45) is 0 Å². The van der Waals surface area contributed by atoms with Crippen LogP contribution in [0.1, 0.15) is 18.3 Å². The normalized spacial score (nSPS) is 11.3. The maximum Gasteiger partial charge on any atom is 0.387 e. The van der Waals surface area contributed by atoms with Gasteiger partial charge in [-0.25, -0.2) is 23.2 Å². The number of rotatable bonds is 1. The van der Waals surface area contributed by atoms with E-state index in [1.807, 2.05) is 35.3 Å². The van der Waals surface area contributed by atoms with Gasteiger partial charge >= 0.3 is 5.78 Å². The van der Waals surface area contributed by atoms with Gasteiger partial charge in [0.15, 0.2) is 0 Å². The van der Waals surface area contributed by atoms with Gasteiger partial charge in [-0.2, -0.15) is 0 Å². The molecule has 0 atom stereocenters. The van der Waals surface area contributed by atoms with Crippen molar-refractivity contribution in [3.05, 3.63) is 23.8 Å². The maximum absolute atomic E-state index is 8.49. The molecule has 2 aromatic heterocycles. The van der Waals surface area contributed by atoms with Crippen LogP contribution in [0.2, 0.25) is 0 Å². The van der Waals surface area contributed by atoms with Gasteiger partial charge < -0.3 is 0 Å². The summed E-state index contributed by atoms with van der Waals surface area (Å²) in [5.74, 6) is 0.917. The van der Waals surface area contributed by atoms with Crippen LogP contribution in [0.25, 0.3) is 5.78 Å². The largest absolute Gasteiger partial charge is 0.387 e. The number of hydrogen-bond acceptors (Lipinski definition) is 6. The first-order chi connectivity index (χ1) is 8.22. The molecule has 2 rings (SSSR count). The molecule has 100 valence electrons. The Morgan fingerprint density at radius 3 is 2.33 bits per heavy atom. The molecule has 0 spiro atoms. The maximum atomic E-state index is 8.49. The molecule has 0 saturated carbocycles. The van der Waals surface area contributed by atoms with Crippen molar-refractivity contribution in [1.29, 1.82) is 0 Å². The molecule has 2 heterocycles. The quantitative estimate of drug-likeness (QED) is 0.487. The van der Waals surface area contributed by atoms with E-state index in [0.717, 1.165) is 23.7 Å². The fourth-order valence-electron chi connectivity index (χ4n) is 1.48. The second kappa shape index (κ2) is 5.55. The predicted molar refractivity (Wildman–Crippen MR) is 48.3 cm³/mol. The first-order valence-electron chi connectivity index (χ1n) is 5.05. The SMILES string of the molecule is CC[n+]1cnn2c(C)cc(C)nc21.[O-][Cl+3]([O-])([O-])[O-]. The molecule has 9 heteroatoms. The van der Waals surface area contributed by atoms with Crippen molar-refractivity contribution in [3.8, 4) is 0 Å². The summed E-state index contributed by atoms with van der Waals surface area (Å²) in [5.41, 5.74) is 2.16. The van der Waals surface area contributed by atoms with Gasteiger partial charge in [0, 0.05) is 6.07 Å². The monoisotopic (exact) mass is 276 g/mol. The lowest BCUT2D eigenvalue weighted by Crippen LogP contribution is -2.68. The Balaban J connectivity index is 0.000000280. The van der Waals surface area contributed by atoms with Gasteiger partial charge in [-0.3, -0.25) is 0 Å². The summed E-state index contributed by atoms with van der Waals surface area (Å²) in [7, 11) is -4.94. The first-order valence-corrected chi connectivity index (χ1v) is 6.29. The number of hydrogen-bond donors (Lipinski definition) is 0. The van der Waals surface area contributed by atoms with E-state index in [4.69, 9.17) is 18.6 Å². The first kappa shape index (κ1) is 14.7. The molecule has 8 nitrogen and oxygen atoms in total. The van der Waals surface area contributed by atoms with Crippen LogP contribution in [0.4, 0.5) is 0 Å². The fraction of sp³-hybridized carbons (Fsp3) is 0.444. The van der Waals surface area contributed by atoms with E-state index in [-0.39, 0.29) is 0 Å². The topological polar surface area (TPSA) is 126 Å². The minimum absolute atomic E-state index is 0.902. The molecule has 0 unspecified atom stereocenters. The summed E-state index contributed by atoms with van der Waals surface area (Å²) in [6.45, 7) is 7.02. The highest BCUT2D eigenvalue weighted by Gasteiger charge is 2.13. The van der Waals surface area contributed by atoms with E-state index < -0.39 is 10.2 Å². The molecule has 0 aliphatic heterocycles. The molecule has 0 aliphatic rings. The predicted octanol–water partition coefficient (Wildman–Crippen LogP) is -4.10. The Morgan fingerprint density at radius 2 is 1.83 bits per heavy atom. The number of nitrogens with zero attached hydrogens (tertiary/aromatic N) is 4. The lowest BCUT2D eigenvalue weighted by molar-refractivity contribution is -2.00. The van der Waals surface area contributed by atoms with E-state index in [9.17, 15) is 0 Å².